The largest absolute Gasteiger partial charge is 0.335 e. The van der Waals surface area contributed by atoms with Gasteiger partial charge in [0.15, 0.2) is 0 Å². The van der Waals surface area contributed by atoms with Crippen molar-refractivity contribution in [1.82, 2.24) is 30.3 Å². The van der Waals surface area contributed by atoms with Crippen molar-refractivity contribution in [2.24, 2.45) is 0 Å². The molecule has 0 atom stereocenters. The van der Waals surface area contributed by atoms with Gasteiger partial charge in [-0.25, -0.2) is 9.59 Å². The summed E-state index contributed by atoms with van der Waals surface area (Å²) in [6.07, 6.45) is 0.319. The Balaban J connectivity index is 1.28. The van der Waals surface area contributed by atoms with Crippen molar-refractivity contribution >= 4 is 34.0 Å². The van der Waals surface area contributed by atoms with E-state index in [2.05, 4.69) is 20.6 Å². The van der Waals surface area contributed by atoms with Crippen LogP contribution in [-0.4, -0.2) is 42.3 Å². The summed E-state index contributed by atoms with van der Waals surface area (Å²) < 4.78 is 0. The van der Waals surface area contributed by atoms with Gasteiger partial charge in [-0.1, -0.05) is 34.0 Å². The second-order valence-corrected chi connectivity index (χ2v) is 5.68. The Hall–Kier alpha value is -3.82. The lowest BCUT2D eigenvalue weighted by atomic mass is 10.2. The van der Waals surface area contributed by atoms with E-state index in [1.165, 1.54) is 0 Å². The average molecular weight is 366 g/mol. The van der Waals surface area contributed by atoms with Crippen LogP contribution in [0.5, 0.6) is 0 Å². The molecule has 10 nitrogen and oxygen atoms in total. The highest BCUT2D eigenvalue weighted by atomic mass is 16.7. The number of benzene rings is 2. The summed E-state index contributed by atoms with van der Waals surface area (Å²) >= 11 is 0. The van der Waals surface area contributed by atoms with Gasteiger partial charge in [0.05, 0.1) is 0 Å². The fourth-order valence-corrected chi connectivity index (χ4v) is 2.49. The van der Waals surface area contributed by atoms with Gasteiger partial charge in [0.25, 0.3) is 0 Å². The molecule has 0 aliphatic rings. The van der Waals surface area contributed by atoms with Gasteiger partial charge in [-0.3, -0.25) is 0 Å². The molecule has 2 heterocycles. The Morgan fingerprint density at radius 3 is 1.67 bits per heavy atom. The van der Waals surface area contributed by atoms with Gasteiger partial charge in [-0.2, -0.15) is 0 Å². The molecule has 10 heteroatoms. The third-order valence-corrected chi connectivity index (χ3v) is 3.78. The monoisotopic (exact) mass is 366 g/mol. The van der Waals surface area contributed by atoms with E-state index in [-0.39, 0.29) is 19.3 Å². The number of nitrogens with zero attached hydrogens (tertiary/aromatic N) is 6. The predicted molar refractivity (Wildman–Crippen MR) is 92.1 cm³/mol. The van der Waals surface area contributed by atoms with E-state index in [1.54, 1.807) is 36.4 Å². The second-order valence-electron chi connectivity index (χ2n) is 5.68. The molecular formula is C17H14N6O4. The smallest absolute Gasteiger partial charge is 0.317 e. The van der Waals surface area contributed by atoms with Gasteiger partial charge in [-0.05, 0) is 41.1 Å². The molecule has 0 radical (unpaired) electrons. The van der Waals surface area contributed by atoms with Crippen molar-refractivity contribution in [2.75, 3.05) is 0 Å². The van der Waals surface area contributed by atoms with Gasteiger partial charge in [-0.15, -0.1) is 10.2 Å². The summed E-state index contributed by atoms with van der Waals surface area (Å²) in [5.74, 6) is -1.05. The summed E-state index contributed by atoms with van der Waals surface area (Å²) in [6.45, 7) is 0. The van der Waals surface area contributed by atoms with E-state index in [9.17, 15) is 9.59 Å². The summed E-state index contributed by atoms with van der Waals surface area (Å²) in [4.78, 5) is 36.3. The minimum Gasteiger partial charge on any atom is -0.317 e. The number of aromatic nitrogens is 6. The summed E-state index contributed by atoms with van der Waals surface area (Å²) in [7, 11) is 0. The molecule has 0 amide bonds. The van der Waals surface area contributed by atoms with Gasteiger partial charge in [0.2, 0.25) is 0 Å². The maximum absolute atomic E-state index is 11.9. The standard InChI is InChI=1S/C17H14N6O4/c24-16(26-22-14-8-3-1-6-12(14)18-20-22)10-5-11-17(25)27-23-15-9-4-2-7-13(15)19-21-23/h1-4,6-9H,5,10-11H2. The van der Waals surface area contributed by atoms with Crippen molar-refractivity contribution in [3.8, 4) is 0 Å². The minimum atomic E-state index is -0.523. The SMILES string of the molecule is O=C(CCCC(=O)On1nnc2ccccc21)On1nnc2ccccc21. The van der Waals surface area contributed by atoms with Crippen molar-refractivity contribution < 1.29 is 19.3 Å². The van der Waals surface area contributed by atoms with Crippen LogP contribution < -0.4 is 9.68 Å². The van der Waals surface area contributed by atoms with Crippen LogP contribution in [0.3, 0.4) is 0 Å². The maximum Gasteiger partial charge on any atom is 0.335 e. The van der Waals surface area contributed by atoms with E-state index in [0.717, 1.165) is 9.69 Å². The van der Waals surface area contributed by atoms with Gasteiger partial charge < -0.3 is 9.68 Å². The number of hydrogen-bond donors (Lipinski definition) is 0. The third-order valence-electron chi connectivity index (χ3n) is 3.78. The Morgan fingerprint density at radius 1 is 0.741 bits per heavy atom. The molecule has 136 valence electrons. The zero-order valence-electron chi connectivity index (χ0n) is 14.1. The molecule has 0 saturated carbocycles. The third kappa shape index (κ3) is 3.59. The second kappa shape index (κ2) is 7.20. The zero-order valence-corrected chi connectivity index (χ0v) is 14.1. The van der Waals surface area contributed by atoms with Gasteiger partial charge in [0, 0.05) is 12.8 Å². The molecule has 0 unspecified atom stereocenters. The molecule has 0 bridgehead atoms. The molecule has 2 aromatic carbocycles. The number of fused-ring (bicyclic) bond motifs is 2. The average Bonchev–Trinajstić information content (AvgIpc) is 3.27. The lowest BCUT2D eigenvalue weighted by Crippen LogP contribution is -2.23. The zero-order chi connectivity index (χ0) is 18.6. The van der Waals surface area contributed by atoms with E-state index in [1.807, 2.05) is 12.1 Å². The van der Waals surface area contributed by atoms with Crippen molar-refractivity contribution in [3.63, 3.8) is 0 Å². The van der Waals surface area contributed by atoms with Crippen molar-refractivity contribution in [1.29, 1.82) is 0 Å². The van der Waals surface area contributed by atoms with Crippen LogP contribution in [0, 0.1) is 0 Å². The van der Waals surface area contributed by atoms with E-state index in [0.29, 0.717) is 22.1 Å². The van der Waals surface area contributed by atoms with Crippen LogP contribution in [0.2, 0.25) is 0 Å². The molecule has 2 aromatic heterocycles. The lowest BCUT2D eigenvalue weighted by Gasteiger charge is -2.04. The number of para-hydroxylation sites is 2. The van der Waals surface area contributed by atoms with Crippen LogP contribution in [0.1, 0.15) is 19.3 Å². The molecule has 0 spiro atoms. The first kappa shape index (κ1) is 16.6. The Morgan fingerprint density at radius 2 is 1.19 bits per heavy atom. The Kier molecular flexibility index (Phi) is 4.44. The molecule has 0 saturated heterocycles. The number of carbonyl (C=O) groups is 2. The predicted octanol–water partition coefficient (Wildman–Crippen LogP) is 0.957. The van der Waals surface area contributed by atoms with E-state index in [4.69, 9.17) is 9.68 Å². The highest BCUT2D eigenvalue weighted by molar-refractivity contribution is 5.77. The lowest BCUT2D eigenvalue weighted by molar-refractivity contribution is -0.147. The van der Waals surface area contributed by atoms with E-state index < -0.39 is 11.9 Å². The summed E-state index contributed by atoms with van der Waals surface area (Å²) in [6, 6.07) is 14.2. The minimum absolute atomic E-state index is 0.0292. The van der Waals surface area contributed by atoms with Crippen LogP contribution in [0.15, 0.2) is 48.5 Å². The first-order valence-corrected chi connectivity index (χ1v) is 8.24. The van der Waals surface area contributed by atoms with Crippen molar-refractivity contribution in [2.45, 2.75) is 19.3 Å². The van der Waals surface area contributed by atoms with Crippen LogP contribution in [0.25, 0.3) is 22.1 Å². The van der Waals surface area contributed by atoms with Crippen molar-refractivity contribution in [3.05, 3.63) is 48.5 Å². The molecule has 0 aliphatic carbocycles. The van der Waals surface area contributed by atoms with Crippen LogP contribution >= 0.6 is 0 Å². The quantitative estimate of drug-likeness (QED) is 0.464. The molecule has 4 rings (SSSR count). The molecule has 4 aromatic rings. The molecule has 0 aliphatic heterocycles. The maximum atomic E-state index is 11.9. The summed E-state index contributed by atoms with van der Waals surface area (Å²) in [5.41, 5.74) is 2.41. The highest BCUT2D eigenvalue weighted by Crippen LogP contribution is 2.10. The fourth-order valence-electron chi connectivity index (χ4n) is 2.49. The first-order chi connectivity index (χ1) is 13.2. The molecule has 0 N–H and O–H groups in total. The van der Waals surface area contributed by atoms with E-state index >= 15 is 0 Å². The van der Waals surface area contributed by atoms with Gasteiger partial charge >= 0.3 is 11.9 Å². The summed E-state index contributed by atoms with van der Waals surface area (Å²) in [5, 5.41) is 15.3. The number of carbonyl (C=O) groups excluding carboxylic acids is 2. The highest BCUT2D eigenvalue weighted by Gasteiger charge is 2.13. The first-order valence-electron chi connectivity index (χ1n) is 8.24. The molecular weight excluding hydrogens is 352 g/mol. The number of rotatable bonds is 6. The Labute approximate surface area is 152 Å². The number of hydrogen-bond acceptors (Lipinski definition) is 8. The molecule has 0 fully saturated rings. The fraction of sp³-hybridized carbons (Fsp3) is 0.176. The molecule has 27 heavy (non-hydrogen) atoms. The van der Waals surface area contributed by atoms with Gasteiger partial charge in [0.1, 0.15) is 22.1 Å². The van der Waals surface area contributed by atoms with Crippen LogP contribution in [0.4, 0.5) is 0 Å². The van der Waals surface area contributed by atoms with Crippen LogP contribution in [-0.2, 0) is 9.59 Å². The Bertz CT molecular complexity index is 1030. The topological polar surface area (TPSA) is 114 Å². The normalized spacial score (nSPS) is 11.0.